The summed E-state index contributed by atoms with van der Waals surface area (Å²) in [5.41, 5.74) is 2.18. The van der Waals surface area contributed by atoms with Crippen molar-refractivity contribution in [2.45, 2.75) is 6.92 Å². The number of carbonyl (C=O) groups excluding carboxylic acids is 2. The third-order valence-corrected chi connectivity index (χ3v) is 3.94. The minimum atomic E-state index is -1.32. The summed E-state index contributed by atoms with van der Waals surface area (Å²) in [6.45, 7) is 1.92. The molecule has 1 heterocycles. The second kappa shape index (κ2) is 6.29. The summed E-state index contributed by atoms with van der Waals surface area (Å²) < 4.78 is 0. The maximum Gasteiger partial charge on any atom is 0.245 e. The van der Waals surface area contributed by atoms with E-state index in [0.29, 0.717) is 5.56 Å². The van der Waals surface area contributed by atoms with Gasteiger partial charge in [-0.15, -0.1) is 11.3 Å². The molecule has 0 unspecified atom stereocenters. The van der Waals surface area contributed by atoms with E-state index in [1.807, 2.05) is 12.3 Å². The molecule has 0 saturated heterocycles. The number of nitriles is 1. The van der Waals surface area contributed by atoms with Crippen LogP contribution in [0.3, 0.4) is 0 Å². The molecular weight excluding hydrogens is 286 g/mol. The first-order chi connectivity index (χ1) is 10.1. The average molecular weight is 299 g/mol. The molecule has 1 aromatic heterocycles. The van der Waals surface area contributed by atoms with E-state index in [1.54, 1.807) is 30.3 Å². The van der Waals surface area contributed by atoms with Crippen LogP contribution in [0.2, 0.25) is 0 Å². The normalized spacial score (nSPS) is 11.5. The molecule has 0 spiro atoms. The minimum Gasteiger partial charge on any atom is -0.358 e. The molecule has 2 rings (SSSR count). The van der Waals surface area contributed by atoms with Gasteiger partial charge in [0.15, 0.2) is 11.7 Å². The van der Waals surface area contributed by atoms with Crippen LogP contribution >= 0.6 is 11.3 Å². The number of rotatable bonds is 4. The fourth-order valence-electron chi connectivity index (χ4n) is 1.81. The van der Waals surface area contributed by atoms with Crippen molar-refractivity contribution < 1.29 is 9.59 Å². The number of Topliss-reactive ketones (excluding diaryl/α,β-unsaturated/α-hetero) is 1. The predicted octanol–water partition coefficient (Wildman–Crippen LogP) is 2.19. The van der Waals surface area contributed by atoms with Gasteiger partial charge in [-0.25, -0.2) is 4.98 Å². The molecule has 1 amide bonds. The van der Waals surface area contributed by atoms with E-state index in [1.165, 1.54) is 18.4 Å². The lowest BCUT2D eigenvalue weighted by Crippen LogP contribution is -2.32. The standard InChI is InChI=1S/C15H13N3O2S/c1-9-8-21-15(18-9)11-5-3-10(4-6-11)13(19)12(7-16)14(20)17-2/h3-6,8,12H,1-2H3,(H,17,20)/t12-/m0/s1. The second-order valence-electron chi connectivity index (χ2n) is 4.41. The summed E-state index contributed by atoms with van der Waals surface area (Å²) in [5, 5.41) is 14.1. The topological polar surface area (TPSA) is 82.9 Å². The number of hydrogen-bond donors (Lipinski definition) is 1. The lowest BCUT2D eigenvalue weighted by molar-refractivity contribution is -0.121. The lowest BCUT2D eigenvalue weighted by Gasteiger charge is -2.07. The van der Waals surface area contributed by atoms with Crippen molar-refractivity contribution in [1.82, 2.24) is 10.3 Å². The van der Waals surface area contributed by atoms with Crippen LogP contribution in [0.15, 0.2) is 29.6 Å². The number of ketones is 1. The molecule has 1 aromatic carbocycles. The van der Waals surface area contributed by atoms with Crippen LogP contribution in [0.25, 0.3) is 10.6 Å². The molecule has 106 valence electrons. The van der Waals surface area contributed by atoms with Crippen molar-refractivity contribution in [3.05, 3.63) is 40.9 Å². The van der Waals surface area contributed by atoms with E-state index in [9.17, 15) is 9.59 Å². The molecule has 1 atom stereocenters. The molecule has 0 saturated carbocycles. The smallest absolute Gasteiger partial charge is 0.245 e. The molecule has 0 aliphatic carbocycles. The van der Waals surface area contributed by atoms with Gasteiger partial charge in [0.2, 0.25) is 5.91 Å². The van der Waals surface area contributed by atoms with Gasteiger partial charge in [-0.3, -0.25) is 9.59 Å². The molecule has 6 heteroatoms. The highest BCUT2D eigenvalue weighted by molar-refractivity contribution is 7.13. The van der Waals surface area contributed by atoms with Crippen LogP contribution in [-0.4, -0.2) is 23.7 Å². The van der Waals surface area contributed by atoms with Crippen LogP contribution in [0.4, 0.5) is 0 Å². The summed E-state index contributed by atoms with van der Waals surface area (Å²) in [5.74, 6) is -2.41. The Bertz CT molecular complexity index is 713. The van der Waals surface area contributed by atoms with Crippen molar-refractivity contribution in [3.8, 4) is 16.6 Å². The zero-order valence-electron chi connectivity index (χ0n) is 11.6. The van der Waals surface area contributed by atoms with Crippen LogP contribution in [-0.2, 0) is 4.79 Å². The highest BCUT2D eigenvalue weighted by Crippen LogP contribution is 2.24. The Morgan fingerprint density at radius 1 is 1.33 bits per heavy atom. The predicted molar refractivity (Wildman–Crippen MR) is 79.8 cm³/mol. The Labute approximate surface area is 126 Å². The average Bonchev–Trinajstić information content (AvgIpc) is 2.94. The Hall–Kier alpha value is -2.52. The molecule has 1 N–H and O–H groups in total. The fraction of sp³-hybridized carbons (Fsp3) is 0.200. The molecular formula is C15H13N3O2S. The number of benzene rings is 1. The number of hydrogen-bond acceptors (Lipinski definition) is 5. The number of nitrogens with one attached hydrogen (secondary N) is 1. The van der Waals surface area contributed by atoms with Crippen molar-refractivity contribution in [2.24, 2.45) is 5.92 Å². The van der Waals surface area contributed by atoms with E-state index in [-0.39, 0.29) is 0 Å². The summed E-state index contributed by atoms with van der Waals surface area (Å²) >= 11 is 1.52. The van der Waals surface area contributed by atoms with Gasteiger partial charge in [-0.05, 0) is 6.92 Å². The van der Waals surface area contributed by atoms with E-state index in [0.717, 1.165) is 16.3 Å². The van der Waals surface area contributed by atoms with Crippen LogP contribution in [0, 0.1) is 24.2 Å². The Morgan fingerprint density at radius 3 is 2.48 bits per heavy atom. The summed E-state index contributed by atoms with van der Waals surface area (Å²) in [7, 11) is 1.40. The minimum absolute atomic E-state index is 0.335. The van der Waals surface area contributed by atoms with E-state index in [2.05, 4.69) is 10.3 Å². The second-order valence-corrected chi connectivity index (χ2v) is 5.27. The van der Waals surface area contributed by atoms with Crippen molar-refractivity contribution in [1.29, 1.82) is 5.26 Å². The number of thiazole rings is 1. The maximum absolute atomic E-state index is 12.1. The van der Waals surface area contributed by atoms with Crippen molar-refractivity contribution in [2.75, 3.05) is 7.05 Å². The molecule has 0 fully saturated rings. The Balaban J connectivity index is 2.24. The van der Waals surface area contributed by atoms with Crippen LogP contribution in [0.5, 0.6) is 0 Å². The van der Waals surface area contributed by atoms with Gasteiger partial charge in [0.1, 0.15) is 5.01 Å². The molecule has 21 heavy (non-hydrogen) atoms. The summed E-state index contributed by atoms with van der Waals surface area (Å²) in [6.07, 6.45) is 0. The van der Waals surface area contributed by atoms with Crippen LogP contribution in [0.1, 0.15) is 16.1 Å². The number of carbonyl (C=O) groups is 2. The lowest BCUT2D eigenvalue weighted by atomic mass is 9.97. The third-order valence-electron chi connectivity index (χ3n) is 2.94. The van der Waals surface area contributed by atoms with E-state index in [4.69, 9.17) is 5.26 Å². The summed E-state index contributed by atoms with van der Waals surface area (Å²) in [6, 6.07) is 8.49. The third kappa shape index (κ3) is 3.15. The van der Waals surface area contributed by atoms with Crippen LogP contribution < -0.4 is 5.32 Å². The molecule has 0 radical (unpaired) electrons. The van der Waals surface area contributed by atoms with Gasteiger partial charge >= 0.3 is 0 Å². The number of aromatic nitrogens is 1. The highest BCUT2D eigenvalue weighted by atomic mass is 32.1. The Kier molecular flexibility index (Phi) is 4.45. The molecule has 0 aliphatic rings. The first-order valence-corrected chi connectivity index (χ1v) is 7.12. The number of nitrogens with zero attached hydrogens (tertiary/aromatic N) is 2. The largest absolute Gasteiger partial charge is 0.358 e. The zero-order chi connectivity index (χ0) is 15.4. The summed E-state index contributed by atoms with van der Waals surface area (Å²) in [4.78, 5) is 28.0. The van der Waals surface area contributed by atoms with Crippen molar-refractivity contribution >= 4 is 23.0 Å². The quantitative estimate of drug-likeness (QED) is 0.693. The number of amides is 1. The molecule has 0 bridgehead atoms. The van der Waals surface area contributed by atoms with E-state index < -0.39 is 17.6 Å². The Morgan fingerprint density at radius 2 is 2.00 bits per heavy atom. The van der Waals surface area contributed by atoms with Gasteiger partial charge in [0.25, 0.3) is 0 Å². The maximum atomic E-state index is 12.1. The number of aryl methyl sites for hydroxylation is 1. The molecule has 0 aliphatic heterocycles. The first-order valence-electron chi connectivity index (χ1n) is 6.24. The van der Waals surface area contributed by atoms with E-state index >= 15 is 0 Å². The van der Waals surface area contributed by atoms with Gasteiger partial charge < -0.3 is 5.32 Å². The van der Waals surface area contributed by atoms with Gasteiger partial charge in [-0.2, -0.15) is 5.26 Å². The molecule has 2 aromatic rings. The highest BCUT2D eigenvalue weighted by Gasteiger charge is 2.26. The van der Waals surface area contributed by atoms with Gasteiger partial charge in [0, 0.05) is 29.2 Å². The van der Waals surface area contributed by atoms with Gasteiger partial charge in [-0.1, -0.05) is 24.3 Å². The first kappa shape index (κ1) is 14.9. The van der Waals surface area contributed by atoms with Gasteiger partial charge in [0.05, 0.1) is 6.07 Å². The monoisotopic (exact) mass is 299 g/mol. The SMILES string of the molecule is CNC(=O)[C@@H](C#N)C(=O)c1ccc(-c2nc(C)cs2)cc1. The fourth-order valence-corrected chi connectivity index (χ4v) is 2.61. The van der Waals surface area contributed by atoms with Crippen molar-refractivity contribution in [3.63, 3.8) is 0 Å². The zero-order valence-corrected chi connectivity index (χ0v) is 12.4. The molecule has 5 nitrogen and oxygen atoms in total.